The van der Waals surface area contributed by atoms with Crippen molar-refractivity contribution in [3.8, 4) is 0 Å². The smallest absolute Gasteiger partial charge is 0.159 e. The van der Waals surface area contributed by atoms with Crippen molar-refractivity contribution in [1.82, 2.24) is 0 Å². The van der Waals surface area contributed by atoms with E-state index in [-0.39, 0.29) is 5.78 Å². The van der Waals surface area contributed by atoms with E-state index in [0.29, 0.717) is 24.9 Å². The van der Waals surface area contributed by atoms with Gasteiger partial charge in [-0.1, -0.05) is 20.8 Å². The number of ether oxygens (including phenoxy) is 1. The minimum absolute atomic E-state index is 0.206. The summed E-state index contributed by atoms with van der Waals surface area (Å²) in [5.41, 5.74) is 0. The molecule has 1 rings (SSSR count). The van der Waals surface area contributed by atoms with Crippen LogP contribution >= 0.6 is 0 Å². The molecule has 1 aliphatic rings. The fraction of sp³-hybridized carbons (Fsp3) is 0.727. The van der Waals surface area contributed by atoms with Gasteiger partial charge in [0.2, 0.25) is 0 Å². The van der Waals surface area contributed by atoms with Gasteiger partial charge in [-0.15, -0.1) is 0 Å². The molecule has 74 valence electrons. The zero-order chi connectivity index (χ0) is 9.84. The zero-order valence-corrected chi connectivity index (χ0v) is 8.67. The van der Waals surface area contributed by atoms with E-state index in [9.17, 15) is 4.79 Å². The lowest BCUT2D eigenvalue weighted by Gasteiger charge is -2.19. The highest BCUT2D eigenvalue weighted by Crippen LogP contribution is 2.22. The Balaban J connectivity index is 2.44. The van der Waals surface area contributed by atoms with Crippen molar-refractivity contribution in [3.05, 3.63) is 11.8 Å². The summed E-state index contributed by atoms with van der Waals surface area (Å²) in [6.45, 7) is 7.01. The van der Waals surface area contributed by atoms with Crippen LogP contribution in [0, 0.1) is 11.8 Å². The summed E-state index contributed by atoms with van der Waals surface area (Å²) in [4.78, 5) is 11.2. The van der Waals surface area contributed by atoms with Crippen LogP contribution in [-0.4, -0.2) is 12.4 Å². The van der Waals surface area contributed by atoms with E-state index < -0.39 is 0 Å². The Bertz CT molecular complexity index is 216. The van der Waals surface area contributed by atoms with Crippen LogP contribution in [0.4, 0.5) is 0 Å². The van der Waals surface area contributed by atoms with Gasteiger partial charge in [0.1, 0.15) is 0 Å². The molecule has 0 fully saturated rings. The van der Waals surface area contributed by atoms with E-state index in [0.717, 1.165) is 12.2 Å². The summed E-state index contributed by atoms with van der Waals surface area (Å²) < 4.78 is 5.53. The summed E-state index contributed by atoms with van der Waals surface area (Å²) in [7, 11) is 0. The summed E-state index contributed by atoms with van der Waals surface area (Å²) in [5, 5.41) is 0. The van der Waals surface area contributed by atoms with Gasteiger partial charge < -0.3 is 4.74 Å². The maximum absolute atomic E-state index is 11.2. The highest BCUT2D eigenvalue weighted by atomic mass is 16.5. The molecule has 0 radical (unpaired) electrons. The monoisotopic (exact) mass is 182 g/mol. The molecule has 0 spiro atoms. The molecule has 1 atom stereocenters. The Hall–Kier alpha value is -0.790. The Kier molecular flexibility index (Phi) is 3.52. The van der Waals surface area contributed by atoms with Crippen molar-refractivity contribution in [2.24, 2.45) is 11.8 Å². The van der Waals surface area contributed by atoms with Crippen molar-refractivity contribution >= 4 is 5.78 Å². The summed E-state index contributed by atoms with van der Waals surface area (Å²) in [6.07, 6.45) is 3.25. The number of rotatable bonds is 3. The molecular formula is C11H18O2. The SMILES string of the molecule is CC(C)COC1=CC(=O)CC(C)C1. The maximum Gasteiger partial charge on any atom is 0.159 e. The van der Waals surface area contributed by atoms with Crippen molar-refractivity contribution in [2.75, 3.05) is 6.61 Å². The summed E-state index contributed by atoms with van der Waals surface area (Å²) in [6, 6.07) is 0. The van der Waals surface area contributed by atoms with Gasteiger partial charge in [0, 0.05) is 18.9 Å². The lowest BCUT2D eigenvalue weighted by molar-refractivity contribution is -0.116. The molecule has 2 heteroatoms. The first-order valence-corrected chi connectivity index (χ1v) is 4.94. The second kappa shape index (κ2) is 4.45. The van der Waals surface area contributed by atoms with Crippen LogP contribution in [0.5, 0.6) is 0 Å². The molecule has 2 nitrogen and oxygen atoms in total. The van der Waals surface area contributed by atoms with Gasteiger partial charge in [-0.3, -0.25) is 4.79 Å². The molecule has 0 heterocycles. The van der Waals surface area contributed by atoms with Crippen LogP contribution in [0.3, 0.4) is 0 Å². The summed E-state index contributed by atoms with van der Waals surface area (Å²) >= 11 is 0. The minimum Gasteiger partial charge on any atom is -0.498 e. The van der Waals surface area contributed by atoms with Crippen LogP contribution in [0.25, 0.3) is 0 Å². The second-order valence-corrected chi connectivity index (χ2v) is 4.30. The van der Waals surface area contributed by atoms with Crippen molar-refractivity contribution in [1.29, 1.82) is 0 Å². The van der Waals surface area contributed by atoms with Crippen molar-refractivity contribution in [2.45, 2.75) is 33.6 Å². The average Bonchev–Trinajstić information content (AvgIpc) is 1.99. The molecule has 1 aliphatic carbocycles. The molecule has 0 amide bonds. The minimum atomic E-state index is 0.206. The van der Waals surface area contributed by atoms with Gasteiger partial charge in [-0.05, 0) is 11.8 Å². The Morgan fingerprint density at radius 1 is 1.54 bits per heavy atom. The molecule has 0 N–H and O–H groups in total. The van der Waals surface area contributed by atoms with Crippen LogP contribution in [-0.2, 0) is 9.53 Å². The predicted molar refractivity (Wildman–Crippen MR) is 52.3 cm³/mol. The molecule has 0 saturated carbocycles. The molecule has 0 aromatic rings. The number of ketones is 1. The Morgan fingerprint density at radius 2 is 2.23 bits per heavy atom. The Morgan fingerprint density at radius 3 is 2.77 bits per heavy atom. The van der Waals surface area contributed by atoms with Crippen LogP contribution in [0.15, 0.2) is 11.8 Å². The lowest BCUT2D eigenvalue weighted by atomic mass is 9.94. The van der Waals surface area contributed by atoms with Crippen LogP contribution < -0.4 is 0 Å². The molecule has 0 aliphatic heterocycles. The lowest BCUT2D eigenvalue weighted by Crippen LogP contribution is -2.14. The van der Waals surface area contributed by atoms with E-state index in [4.69, 9.17) is 4.74 Å². The highest BCUT2D eigenvalue weighted by Gasteiger charge is 2.17. The normalized spacial score (nSPS) is 23.2. The first-order chi connectivity index (χ1) is 6.08. The topological polar surface area (TPSA) is 26.3 Å². The first-order valence-electron chi connectivity index (χ1n) is 4.94. The van der Waals surface area contributed by atoms with Gasteiger partial charge in [-0.2, -0.15) is 0 Å². The maximum atomic E-state index is 11.2. The van der Waals surface area contributed by atoms with Crippen LogP contribution in [0.2, 0.25) is 0 Å². The number of hydrogen-bond acceptors (Lipinski definition) is 2. The molecule has 0 aromatic heterocycles. The van der Waals surface area contributed by atoms with E-state index in [1.165, 1.54) is 0 Å². The van der Waals surface area contributed by atoms with Gasteiger partial charge in [0.15, 0.2) is 5.78 Å². The number of allylic oxidation sites excluding steroid dienone is 2. The average molecular weight is 182 g/mol. The first kappa shape index (κ1) is 10.3. The molecule has 13 heavy (non-hydrogen) atoms. The standard InChI is InChI=1S/C11H18O2/c1-8(2)7-13-11-5-9(3)4-10(12)6-11/h6,8-9H,4-5,7H2,1-3H3. The third-order valence-electron chi connectivity index (χ3n) is 2.02. The van der Waals surface area contributed by atoms with E-state index in [2.05, 4.69) is 20.8 Å². The van der Waals surface area contributed by atoms with E-state index in [1.54, 1.807) is 6.08 Å². The molecular weight excluding hydrogens is 164 g/mol. The predicted octanol–water partition coefficient (Wildman–Crippen LogP) is 2.54. The number of carbonyl (C=O) groups excluding carboxylic acids is 1. The van der Waals surface area contributed by atoms with E-state index in [1.807, 2.05) is 0 Å². The second-order valence-electron chi connectivity index (χ2n) is 4.30. The fourth-order valence-corrected chi connectivity index (χ4v) is 1.43. The van der Waals surface area contributed by atoms with Gasteiger partial charge in [0.05, 0.1) is 12.4 Å². The number of hydrogen-bond donors (Lipinski definition) is 0. The zero-order valence-electron chi connectivity index (χ0n) is 8.67. The third kappa shape index (κ3) is 3.62. The quantitative estimate of drug-likeness (QED) is 0.670. The van der Waals surface area contributed by atoms with Crippen LogP contribution in [0.1, 0.15) is 33.6 Å². The molecule has 1 unspecified atom stereocenters. The van der Waals surface area contributed by atoms with E-state index >= 15 is 0 Å². The Labute approximate surface area is 80.0 Å². The summed E-state index contributed by atoms with van der Waals surface area (Å²) in [5.74, 6) is 2.04. The number of carbonyl (C=O) groups is 1. The van der Waals surface area contributed by atoms with Gasteiger partial charge in [0.25, 0.3) is 0 Å². The van der Waals surface area contributed by atoms with Gasteiger partial charge >= 0.3 is 0 Å². The van der Waals surface area contributed by atoms with Crippen molar-refractivity contribution in [3.63, 3.8) is 0 Å². The van der Waals surface area contributed by atoms with Crippen molar-refractivity contribution < 1.29 is 9.53 Å². The fourth-order valence-electron chi connectivity index (χ4n) is 1.43. The highest BCUT2D eigenvalue weighted by molar-refractivity contribution is 5.91. The molecule has 0 bridgehead atoms. The third-order valence-corrected chi connectivity index (χ3v) is 2.02. The molecule has 0 aromatic carbocycles. The molecule has 0 saturated heterocycles. The van der Waals surface area contributed by atoms with Gasteiger partial charge in [-0.25, -0.2) is 0 Å². The largest absolute Gasteiger partial charge is 0.498 e.